The predicted molar refractivity (Wildman–Crippen MR) is 98.4 cm³/mol. The summed E-state index contributed by atoms with van der Waals surface area (Å²) in [6.45, 7) is 6.07. The van der Waals surface area contributed by atoms with Crippen molar-refractivity contribution in [1.82, 2.24) is 9.97 Å². The molecule has 0 saturated heterocycles. The van der Waals surface area contributed by atoms with E-state index < -0.39 is 0 Å². The van der Waals surface area contributed by atoms with Crippen LogP contribution in [-0.4, -0.2) is 9.97 Å². The number of allylic oxidation sites excluding steroid dienone is 1. The molecule has 6 heteroatoms. The van der Waals surface area contributed by atoms with Gasteiger partial charge in [0.05, 0.1) is 11.0 Å². The third-order valence-corrected chi connectivity index (χ3v) is 5.92. The maximum Gasteiger partial charge on any atom is 0.260 e. The Balaban J connectivity index is 1.76. The number of thiophene rings is 1. The number of hydrogen-bond donors (Lipinski definition) is 1. The molecule has 1 saturated carbocycles. The van der Waals surface area contributed by atoms with E-state index >= 15 is 0 Å². The minimum atomic E-state index is -0.213. The molecule has 0 aromatic carbocycles. The van der Waals surface area contributed by atoms with Crippen LogP contribution in [0.4, 0.5) is 0 Å². The van der Waals surface area contributed by atoms with Gasteiger partial charge in [-0.15, -0.1) is 11.3 Å². The second kappa shape index (κ2) is 5.71. The van der Waals surface area contributed by atoms with E-state index in [1.807, 2.05) is 26.0 Å². The SMILES string of the molecule is Cc1sc2nc(/C(C#N)=C/c3ccc([C@@H]4C[C@@H]4C)o3)[nH]c(=O)c2c1C. The number of fused-ring (bicyclic) bond motifs is 1. The van der Waals surface area contributed by atoms with E-state index in [0.717, 1.165) is 22.6 Å². The summed E-state index contributed by atoms with van der Waals surface area (Å²) >= 11 is 1.47. The molecule has 126 valence electrons. The Morgan fingerprint density at radius 2 is 2.24 bits per heavy atom. The first-order valence-electron chi connectivity index (χ1n) is 8.20. The number of hydrogen-bond acceptors (Lipinski definition) is 5. The van der Waals surface area contributed by atoms with E-state index in [9.17, 15) is 10.1 Å². The average molecular weight is 351 g/mol. The van der Waals surface area contributed by atoms with Gasteiger partial charge in [-0.1, -0.05) is 6.92 Å². The molecule has 0 spiro atoms. The van der Waals surface area contributed by atoms with E-state index in [-0.39, 0.29) is 17.0 Å². The van der Waals surface area contributed by atoms with Crippen molar-refractivity contribution < 1.29 is 4.42 Å². The molecule has 1 N–H and O–H groups in total. The highest BCUT2D eigenvalue weighted by Gasteiger charge is 2.36. The molecule has 4 rings (SSSR count). The predicted octanol–water partition coefficient (Wildman–Crippen LogP) is 4.38. The molecule has 1 aliphatic carbocycles. The first-order valence-corrected chi connectivity index (χ1v) is 9.01. The lowest BCUT2D eigenvalue weighted by Gasteiger charge is -1.99. The van der Waals surface area contributed by atoms with Crippen molar-refractivity contribution >= 4 is 33.2 Å². The van der Waals surface area contributed by atoms with Crippen LogP contribution in [0.1, 0.15) is 47.0 Å². The molecule has 0 radical (unpaired) electrons. The number of nitriles is 1. The molecule has 25 heavy (non-hydrogen) atoms. The highest BCUT2D eigenvalue weighted by atomic mass is 32.1. The third kappa shape index (κ3) is 2.71. The van der Waals surface area contributed by atoms with E-state index in [1.54, 1.807) is 6.08 Å². The molecule has 3 heterocycles. The Bertz CT molecular complexity index is 1110. The van der Waals surface area contributed by atoms with Crippen LogP contribution < -0.4 is 5.56 Å². The Morgan fingerprint density at radius 3 is 2.92 bits per heavy atom. The van der Waals surface area contributed by atoms with Gasteiger partial charge in [0.1, 0.15) is 22.4 Å². The Labute approximate surface area is 148 Å². The molecule has 1 fully saturated rings. The van der Waals surface area contributed by atoms with Crippen molar-refractivity contribution in [3.63, 3.8) is 0 Å². The molecule has 0 aliphatic heterocycles. The van der Waals surface area contributed by atoms with Gasteiger partial charge in [-0.3, -0.25) is 4.79 Å². The molecule has 0 bridgehead atoms. The van der Waals surface area contributed by atoms with Crippen molar-refractivity contribution in [2.75, 3.05) is 0 Å². The van der Waals surface area contributed by atoms with Crippen molar-refractivity contribution in [1.29, 1.82) is 5.26 Å². The van der Waals surface area contributed by atoms with Crippen LogP contribution in [0.2, 0.25) is 0 Å². The fraction of sp³-hybridized carbons (Fsp3) is 0.316. The third-order valence-electron chi connectivity index (χ3n) is 4.82. The minimum Gasteiger partial charge on any atom is -0.461 e. The first-order chi connectivity index (χ1) is 12.0. The van der Waals surface area contributed by atoms with Gasteiger partial charge in [0.2, 0.25) is 0 Å². The maximum atomic E-state index is 12.4. The largest absolute Gasteiger partial charge is 0.461 e. The van der Waals surface area contributed by atoms with E-state index in [0.29, 0.717) is 27.8 Å². The van der Waals surface area contributed by atoms with Crippen LogP contribution in [0.25, 0.3) is 21.9 Å². The number of rotatable bonds is 3. The van der Waals surface area contributed by atoms with Gasteiger partial charge in [0.25, 0.3) is 5.56 Å². The fourth-order valence-corrected chi connectivity index (χ4v) is 4.07. The first kappa shape index (κ1) is 15.9. The lowest BCUT2D eigenvalue weighted by atomic mass is 10.2. The molecule has 3 aromatic rings. The Hall–Kier alpha value is -2.65. The second-order valence-electron chi connectivity index (χ2n) is 6.61. The number of furan rings is 1. The van der Waals surface area contributed by atoms with Crippen LogP contribution in [0.3, 0.4) is 0 Å². The lowest BCUT2D eigenvalue weighted by molar-refractivity contribution is 0.498. The zero-order chi connectivity index (χ0) is 17.7. The van der Waals surface area contributed by atoms with Crippen LogP contribution in [0, 0.1) is 31.1 Å². The molecule has 1 aliphatic rings. The van der Waals surface area contributed by atoms with Crippen LogP contribution in [0.5, 0.6) is 0 Å². The number of H-pyrrole nitrogens is 1. The van der Waals surface area contributed by atoms with E-state index in [2.05, 4.69) is 23.0 Å². The summed E-state index contributed by atoms with van der Waals surface area (Å²) < 4.78 is 5.83. The molecule has 3 aromatic heterocycles. The number of aromatic nitrogens is 2. The van der Waals surface area contributed by atoms with Gasteiger partial charge in [0, 0.05) is 16.9 Å². The summed E-state index contributed by atoms with van der Waals surface area (Å²) in [5.41, 5.74) is 1.01. The van der Waals surface area contributed by atoms with Gasteiger partial charge < -0.3 is 9.40 Å². The van der Waals surface area contributed by atoms with Crippen molar-refractivity contribution in [2.45, 2.75) is 33.1 Å². The number of aromatic amines is 1. The van der Waals surface area contributed by atoms with Crippen molar-refractivity contribution in [3.05, 3.63) is 50.3 Å². The summed E-state index contributed by atoms with van der Waals surface area (Å²) in [5, 5.41) is 10.1. The van der Waals surface area contributed by atoms with Gasteiger partial charge in [-0.2, -0.15) is 5.26 Å². The average Bonchev–Trinajstić information content (AvgIpc) is 3.01. The summed E-state index contributed by atoms with van der Waals surface area (Å²) in [7, 11) is 0. The summed E-state index contributed by atoms with van der Waals surface area (Å²) in [6.07, 6.45) is 2.78. The van der Waals surface area contributed by atoms with Crippen molar-refractivity contribution in [3.8, 4) is 6.07 Å². The quantitative estimate of drug-likeness (QED) is 0.710. The zero-order valence-electron chi connectivity index (χ0n) is 14.2. The lowest BCUT2D eigenvalue weighted by Crippen LogP contribution is -2.10. The summed E-state index contributed by atoms with van der Waals surface area (Å²) in [4.78, 5) is 21.3. The van der Waals surface area contributed by atoms with Gasteiger partial charge >= 0.3 is 0 Å². The number of aryl methyl sites for hydroxylation is 2. The van der Waals surface area contributed by atoms with Crippen LogP contribution in [-0.2, 0) is 0 Å². The molecule has 2 atom stereocenters. The van der Waals surface area contributed by atoms with E-state index in [4.69, 9.17) is 4.42 Å². The van der Waals surface area contributed by atoms with E-state index in [1.165, 1.54) is 11.3 Å². The van der Waals surface area contributed by atoms with Crippen molar-refractivity contribution in [2.24, 2.45) is 5.92 Å². The van der Waals surface area contributed by atoms with Crippen LogP contribution >= 0.6 is 11.3 Å². The smallest absolute Gasteiger partial charge is 0.260 e. The second-order valence-corrected chi connectivity index (χ2v) is 7.81. The minimum absolute atomic E-state index is 0.213. The maximum absolute atomic E-state index is 12.4. The standard InChI is InChI=1S/C19H17N3O2S/c1-9-6-14(9)15-5-4-13(24-15)7-12(8-20)17-21-18(23)16-10(2)11(3)25-19(16)22-17/h4-5,7,9,14H,6H2,1-3H3,(H,21,22,23)/b12-7+/t9-,14+/m0/s1. The Kier molecular flexibility index (Phi) is 3.62. The normalized spacial score (nSPS) is 20.0. The summed E-state index contributed by atoms with van der Waals surface area (Å²) in [6, 6.07) is 5.93. The molecule has 0 amide bonds. The topological polar surface area (TPSA) is 82.7 Å². The summed E-state index contributed by atoms with van der Waals surface area (Å²) in [5.74, 6) is 2.98. The highest BCUT2D eigenvalue weighted by molar-refractivity contribution is 7.18. The molecular formula is C19H17N3O2S. The zero-order valence-corrected chi connectivity index (χ0v) is 15.0. The van der Waals surface area contributed by atoms with Gasteiger partial charge in [0.15, 0.2) is 5.82 Å². The monoisotopic (exact) mass is 351 g/mol. The van der Waals surface area contributed by atoms with Gasteiger partial charge in [-0.25, -0.2) is 4.98 Å². The Morgan fingerprint density at radius 1 is 1.48 bits per heavy atom. The molecular weight excluding hydrogens is 334 g/mol. The highest BCUT2D eigenvalue weighted by Crippen LogP contribution is 2.47. The fourth-order valence-electron chi connectivity index (χ4n) is 3.04. The number of nitrogens with zero attached hydrogens (tertiary/aromatic N) is 2. The number of nitrogens with one attached hydrogen (secondary N) is 1. The van der Waals surface area contributed by atoms with Crippen LogP contribution in [0.15, 0.2) is 21.3 Å². The molecule has 0 unspecified atom stereocenters. The van der Waals surface area contributed by atoms with Gasteiger partial charge in [-0.05, 0) is 43.9 Å². The molecule has 5 nitrogen and oxygen atoms in total.